The summed E-state index contributed by atoms with van der Waals surface area (Å²) in [5, 5.41) is 3.71. The fraction of sp³-hybridized carbons (Fsp3) is 0.304. The summed E-state index contributed by atoms with van der Waals surface area (Å²) < 4.78 is 27.1. The van der Waals surface area contributed by atoms with Crippen LogP contribution in [0.25, 0.3) is 5.70 Å². The molecule has 1 atom stereocenters. The number of hydrogen-bond donors (Lipinski definition) is 2. The molecule has 8 nitrogen and oxygen atoms in total. The van der Waals surface area contributed by atoms with Gasteiger partial charge in [-0.3, -0.25) is 9.68 Å². The minimum Gasteiger partial charge on any atom is -0.334 e. The van der Waals surface area contributed by atoms with Gasteiger partial charge in [-0.2, -0.15) is 5.06 Å². The third kappa shape index (κ3) is 5.46. The van der Waals surface area contributed by atoms with Gasteiger partial charge in [0, 0.05) is 18.7 Å². The average molecular weight is 493 g/mol. The Balaban J connectivity index is 1.27. The van der Waals surface area contributed by atoms with Gasteiger partial charge in [-0.05, 0) is 42.7 Å². The van der Waals surface area contributed by atoms with Crippen LogP contribution in [-0.2, 0) is 16.2 Å². The summed E-state index contributed by atoms with van der Waals surface area (Å²) in [6.07, 6.45) is 3.12. The molecule has 0 spiro atoms. The molecule has 4 rings (SSSR count). The number of halogens is 3. The Morgan fingerprint density at radius 2 is 2.00 bits per heavy atom. The van der Waals surface area contributed by atoms with Crippen LogP contribution < -0.4 is 10.8 Å². The highest BCUT2D eigenvalue weighted by atomic mass is 35.5. The molecule has 2 aromatic rings. The van der Waals surface area contributed by atoms with Crippen molar-refractivity contribution in [2.24, 2.45) is 0 Å². The first kappa shape index (κ1) is 23.9. The van der Waals surface area contributed by atoms with Crippen molar-refractivity contribution in [3.63, 3.8) is 0 Å². The van der Waals surface area contributed by atoms with Crippen molar-refractivity contribution in [3.8, 4) is 0 Å². The summed E-state index contributed by atoms with van der Waals surface area (Å²) in [4.78, 5) is 37.4. The third-order valence-electron chi connectivity index (χ3n) is 5.54. The minimum atomic E-state index is -0.678. The molecule has 2 heterocycles. The molecule has 2 N–H and O–H groups in total. The molecule has 180 valence electrons. The smallest absolute Gasteiger partial charge is 0.334 e. The lowest BCUT2D eigenvalue weighted by Gasteiger charge is -2.25. The Labute approximate surface area is 200 Å². The summed E-state index contributed by atoms with van der Waals surface area (Å²) in [6, 6.07) is 8.95. The Morgan fingerprint density at radius 1 is 1.18 bits per heavy atom. The van der Waals surface area contributed by atoms with Crippen LogP contribution in [-0.4, -0.2) is 47.8 Å². The first-order valence-electron chi connectivity index (χ1n) is 10.7. The maximum Gasteiger partial charge on any atom is 0.370 e. The number of benzene rings is 2. The van der Waals surface area contributed by atoms with Gasteiger partial charge in [0.1, 0.15) is 11.6 Å². The lowest BCUT2D eigenvalue weighted by molar-refractivity contribution is -0.0628. The number of carbonyl (C=O) groups excluding carboxylic acids is 2. The predicted octanol–water partition coefficient (Wildman–Crippen LogP) is 4.22. The number of rotatable bonds is 6. The molecule has 0 unspecified atom stereocenters. The number of likely N-dealkylation sites (tertiary alicyclic amines) is 1. The number of hydrogen-bond acceptors (Lipinski definition) is 4. The average Bonchev–Trinajstić information content (AvgIpc) is 3.50. The van der Waals surface area contributed by atoms with Crippen LogP contribution in [0.2, 0.25) is 5.02 Å². The van der Waals surface area contributed by atoms with Gasteiger partial charge in [0.05, 0.1) is 30.0 Å². The maximum absolute atomic E-state index is 13.6. The van der Waals surface area contributed by atoms with Gasteiger partial charge < -0.3 is 10.2 Å². The Bertz CT molecular complexity index is 1100. The molecule has 4 amide bonds. The highest BCUT2D eigenvalue weighted by Crippen LogP contribution is 2.25. The lowest BCUT2D eigenvalue weighted by Crippen LogP contribution is -2.46. The molecule has 11 heteroatoms. The van der Waals surface area contributed by atoms with Crippen molar-refractivity contribution < 1.29 is 28.0 Å². The molecule has 1 fully saturated rings. The number of nitrogens with one attached hydrogen (secondary N) is 2. The normalized spacial score (nSPS) is 17.6. The molecule has 0 saturated carbocycles. The van der Waals surface area contributed by atoms with Gasteiger partial charge in [0.2, 0.25) is 0 Å². The number of amides is 4. The molecule has 0 aliphatic carbocycles. The topological polar surface area (TPSA) is 83.1 Å². The summed E-state index contributed by atoms with van der Waals surface area (Å²) in [5.41, 5.74) is 3.67. The number of hydroxylamine groups is 3. The number of nitrogens with zero attached hydrogens (tertiary/aromatic N) is 2. The van der Waals surface area contributed by atoms with Crippen LogP contribution in [0.4, 0.5) is 18.4 Å². The largest absolute Gasteiger partial charge is 0.370 e. The summed E-state index contributed by atoms with van der Waals surface area (Å²) >= 11 is 5.94. The Hall–Kier alpha value is -3.21. The molecule has 2 aromatic carbocycles. The lowest BCUT2D eigenvalue weighted by atomic mass is 10.1. The van der Waals surface area contributed by atoms with E-state index in [4.69, 9.17) is 21.3 Å². The molecule has 1 saturated heterocycles. The van der Waals surface area contributed by atoms with Crippen molar-refractivity contribution in [1.29, 1.82) is 0 Å². The van der Waals surface area contributed by atoms with E-state index < -0.39 is 17.7 Å². The zero-order valence-electron chi connectivity index (χ0n) is 18.1. The molecule has 2 aliphatic rings. The van der Waals surface area contributed by atoms with Gasteiger partial charge in [-0.25, -0.2) is 23.9 Å². The van der Waals surface area contributed by atoms with E-state index in [0.717, 1.165) is 11.5 Å². The second-order valence-electron chi connectivity index (χ2n) is 7.77. The molecular formula is C23H23ClF2N4O4. The summed E-state index contributed by atoms with van der Waals surface area (Å²) in [7, 11) is 0. The SMILES string of the molecule is O=C(NOC[C@@H]1CCCN1C(=O)NCc1cccc(F)c1Cl)N1OCC=C1c1cccc(F)c1. The van der Waals surface area contributed by atoms with E-state index >= 15 is 0 Å². The Kier molecular flexibility index (Phi) is 7.61. The van der Waals surface area contributed by atoms with Gasteiger partial charge in [-0.1, -0.05) is 35.9 Å². The van der Waals surface area contributed by atoms with E-state index in [2.05, 4.69) is 10.8 Å². The zero-order valence-corrected chi connectivity index (χ0v) is 18.9. The molecule has 34 heavy (non-hydrogen) atoms. The second-order valence-corrected chi connectivity index (χ2v) is 8.15. The van der Waals surface area contributed by atoms with Crippen molar-refractivity contribution in [3.05, 3.63) is 76.3 Å². The van der Waals surface area contributed by atoms with E-state index in [1.807, 2.05) is 0 Å². The van der Waals surface area contributed by atoms with E-state index in [-0.39, 0.29) is 36.9 Å². The molecule has 2 aliphatic heterocycles. The summed E-state index contributed by atoms with van der Waals surface area (Å²) in [5.74, 6) is -0.977. The van der Waals surface area contributed by atoms with Crippen molar-refractivity contribution in [2.75, 3.05) is 19.8 Å². The standard InChI is InChI=1S/C23H23ClF2N4O4/c24-21-16(5-2-8-19(21)26)13-27-22(31)29-10-3-7-18(29)14-33-28-23(32)30-20(9-11-34-30)15-4-1-6-17(25)12-15/h1-2,4-6,8-9,12,18H,3,7,10-11,13-14H2,(H,27,31)(H,28,32)/t18-/m0/s1. The van der Waals surface area contributed by atoms with E-state index in [0.29, 0.717) is 29.8 Å². The predicted molar refractivity (Wildman–Crippen MR) is 120 cm³/mol. The molecule has 0 radical (unpaired) electrons. The van der Waals surface area contributed by atoms with Gasteiger partial charge in [-0.15, -0.1) is 0 Å². The van der Waals surface area contributed by atoms with Gasteiger partial charge in [0.25, 0.3) is 0 Å². The van der Waals surface area contributed by atoms with E-state index in [9.17, 15) is 18.4 Å². The third-order valence-corrected chi connectivity index (χ3v) is 5.96. The van der Waals surface area contributed by atoms with Crippen molar-refractivity contribution >= 4 is 29.4 Å². The van der Waals surface area contributed by atoms with Crippen LogP contribution in [0, 0.1) is 11.6 Å². The monoisotopic (exact) mass is 492 g/mol. The maximum atomic E-state index is 13.6. The Morgan fingerprint density at radius 3 is 2.82 bits per heavy atom. The second kappa shape index (κ2) is 10.8. The highest BCUT2D eigenvalue weighted by molar-refractivity contribution is 6.31. The number of urea groups is 2. The van der Waals surface area contributed by atoms with Crippen LogP contribution in [0.5, 0.6) is 0 Å². The minimum absolute atomic E-state index is 0.0254. The van der Waals surface area contributed by atoms with E-state index in [1.54, 1.807) is 29.2 Å². The zero-order chi connectivity index (χ0) is 24.1. The fourth-order valence-corrected chi connectivity index (χ4v) is 4.06. The van der Waals surface area contributed by atoms with Crippen molar-refractivity contribution in [1.82, 2.24) is 20.8 Å². The number of carbonyl (C=O) groups is 2. The first-order valence-corrected chi connectivity index (χ1v) is 11.1. The van der Waals surface area contributed by atoms with Gasteiger partial charge >= 0.3 is 12.1 Å². The molecule has 0 bridgehead atoms. The highest BCUT2D eigenvalue weighted by Gasteiger charge is 2.30. The van der Waals surface area contributed by atoms with Crippen LogP contribution in [0.3, 0.4) is 0 Å². The quantitative estimate of drug-likeness (QED) is 0.591. The van der Waals surface area contributed by atoms with E-state index in [1.165, 1.54) is 24.3 Å². The molecule has 0 aromatic heterocycles. The van der Waals surface area contributed by atoms with Crippen LogP contribution in [0.1, 0.15) is 24.0 Å². The fourth-order valence-electron chi connectivity index (χ4n) is 3.87. The van der Waals surface area contributed by atoms with Crippen molar-refractivity contribution in [2.45, 2.75) is 25.4 Å². The van der Waals surface area contributed by atoms with Crippen LogP contribution >= 0.6 is 11.6 Å². The molecular weight excluding hydrogens is 470 g/mol. The summed E-state index contributed by atoms with van der Waals surface area (Å²) in [6.45, 7) is 0.821. The van der Waals surface area contributed by atoms with Gasteiger partial charge in [0.15, 0.2) is 0 Å². The first-order chi connectivity index (χ1) is 16.4. The van der Waals surface area contributed by atoms with Crippen LogP contribution in [0.15, 0.2) is 48.5 Å².